The SMILES string of the molecule is C=C(C)CSc1nc2c(c(=O)n1Cc1ccccc1)[C@](C)(C1CCCCC1)Cc1ccccc1-2. The van der Waals surface area contributed by atoms with Crippen molar-refractivity contribution in [2.24, 2.45) is 5.92 Å². The third-order valence-corrected chi connectivity index (χ3v) is 8.88. The summed E-state index contributed by atoms with van der Waals surface area (Å²) in [6.07, 6.45) is 7.14. The van der Waals surface area contributed by atoms with Crippen LogP contribution >= 0.6 is 11.8 Å². The van der Waals surface area contributed by atoms with Crippen molar-refractivity contribution in [1.82, 2.24) is 9.55 Å². The fourth-order valence-corrected chi connectivity index (χ4v) is 6.76. The number of hydrogen-bond donors (Lipinski definition) is 0. The maximum absolute atomic E-state index is 14.4. The minimum atomic E-state index is -0.190. The second-order valence-corrected chi connectivity index (χ2v) is 11.3. The van der Waals surface area contributed by atoms with E-state index in [9.17, 15) is 4.79 Å². The van der Waals surface area contributed by atoms with Crippen LogP contribution in [-0.4, -0.2) is 15.3 Å². The molecule has 0 unspecified atom stereocenters. The van der Waals surface area contributed by atoms with Gasteiger partial charge in [-0.1, -0.05) is 105 Å². The molecule has 5 rings (SSSR count). The van der Waals surface area contributed by atoms with Crippen LogP contribution in [-0.2, 0) is 18.4 Å². The Hall–Kier alpha value is -2.59. The van der Waals surface area contributed by atoms with Crippen molar-refractivity contribution in [3.05, 3.63) is 93.8 Å². The molecule has 2 aliphatic carbocycles. The van der Waals surface area contributed by atoms with E-state index in [1.54, 1.807) is 11.8 Å². The van der Waals surface area contributed by atoms with Gasteiger partial charge in [-0.2, -0.15) is 0 Å². The molecule has 34 heavy (non-hydrogen) atoms. The Morgan fingerprint density at radius 3 is 2.53 bits per heavy atom. The molecule has 3 aromatic rings. The van der Waals surface area contributed by atoms with Crippen molar-refractivity contribution in [2.45, 2.75) is 69.5 Å². The number of benzene rings is 2. The Bertz CT molecular complexity index is 1260. The van der Waals surface area contributed by atoms with Gasteiger partial charge in [0.15, 0.2) is 5.16 Å². The minimum absolute atomic E-state index is 0.139. The molecule has 0 bridgehead atoms. The Labute approximate surface area is 207 Å². The lowest BCUT2D eigenvalue weighted by atomic mass is 9.60. The average molecular weight is 471 g/mol. The Kier molecular flexibility index (Phi) is 6.52. The zero-order valence-corrected chi connectivity index (χ0v) is 21.2. The number of rotatable bonds is 6. The van der Waals surface area contributed by atoms with Crippen molar-refractivity contribution >= 4 is 11.8 Å². The third-order valence-electron chi connectivity index (χ3n) is 7.67. The van der Waals surface area contributed by atoms with E-state index in [-0.39, 0.29) is 11.0 Å². The summed E-state index contributed by atoms with van der Waals surface area (Å²) in [7, 11) is 0. The van der Waals surface area contributed by atoms with Gasteiger partial charge in [-0.05, 0) is 43.2 Å². The van der Waals surface area contributed by atoms with Gasteiger partial charge in [-0.3, -0.25) is 9.36 Å². The van der Waals surface area contributed by atoms with E-state index in [2.05, 4.69) is 49.9 Å². The largest absolute Gasteiger partial charge is 0.283 e. The summed E-state index contributed by atoms with van der Waals surface area (Å²) >= 11 is 1.62. The van der Waals surface area contributed by atoms with E-state index in [0.717, 1.165) is 45.3 Å². The van der Waals surface area contributed by atoms with Gasteiger partial charge in [0, 0.05) is 16.7 Å². The van der Waals surface area contributed by atoms with Crippen molar-refractivity contribution in [3.8, 4) is 11.3 Å². The zero-order chi connectivity index (χ0) is 23.7. The van der Waals surface area contributed by atoms with E-state index in [1.807, 2.05) is 29.7 Å². The highest BCUT2D eigenvalue weighted by molar-refractivity contribution is 7.99. The fraction of sp³-hybridized carbons (Fsp3) is 0.400. The Morgan fingerprint density at radius 1 is 1.09 bits per heavy atom. The van der Waals surface area contributed by atoms with Gasteiger partial charge < -0.3 is 0 Å². The summed E-state index contributed by atoms with van der Waals surface area (Å²) in [4.78, 5) is 19.7. The average Bonchev–Trinajstić information content (AvgIpc) is 2.85. The molecule has 3 nitrogen and oxygen atoms in total. The van der Waals surface area contributed by atoms with Gasteiger partial charge in [0.05, 0.1) is 17.8 Å². The molecular formula is C30H34N2OS. The van der Waals surface area contributed by atoms with Gasteiger partial charge in [-0.15, -0.1) is 0 Å². The molecule has 1 atom stereocenters. The highest BCUT2D eigenvalue weighted by atomic mass is 32.2. The maximum atomic E-state index is 14.4. The normalized spacial score (nSPS) is 19.9. The first-order valence-electron chi connectivity index (χ1n) is 12.5. The lowest BCUT2D eigenvalue weighted by molar-refractivity contribution is 0.212. The first-order chi connectivity index (χ1) is 16.5. The minimum Gasteiger partial charge on any atom is -0.283 e. The molecule has 0 spiro atoms. The first-order valence-corrected chi connectivity index (χ1v) is 13.5. The number of thioether (sulfide) groups is 1. The van der Waals surface area contributed by atoms with Crippen molar-refractivity contribution in [3.63, 3.8) is 0 Å². The fourth-order valence-electron chi connectivity index (χ4n) is 5.93. The van der Waals surface area contributed by atoms with E-state index >= 15 is 0 Å². The highest BCUT2D eigenvalue weighted by Crippen LogP contribution is 2.49. The van der Waals surface area contributed by atoms with Gasteiger partial charge in [0.2, 0.25) is 0 Å². The molecule has 1 fully saturated rings. The van der Waals surface area contributed by atoms with Gasteiger partial charge in [0.25, 0.3) is 5.56 Å². The lowest BCUT2D eigenvalue weighted by Gasteiger charge is -2.44. The first kappa shape index (κ1) is 23.2. The van der Waals surface area contributed by atoms with E-state index in [1.165, 1.54) is 37.7 Å². The quantitative estimate of drug-likeness (QED) is 0.221. The van der Waals surface area contributed by atoms with Crippen molar-refractivity contribution in [2.75, 3.05) is 5.75 Å². The monoisotopic (exact) mass is 470 g/mol. The molecule has 2 aromatic carbocycles. The summed E-state index contributed by atoms with van der Waals surface area (Å²) in [5.74, 6) is 1.27. The molecule has 0 saturated heterocycles. The molecule has 0 aliphatic heterocycles. The topological polar surface area (TPSA) is 34.9 Å². The smallest absolute Gasteiger partial charge is 0.258 e. The van der Waals surface area contributed by atoms with E-state index in [4.69, 9.17) is 4.98 Å². The van der Waals surface area contributed by atoms with Crippen LogP contribution < -0.4 is 5.56 Å². The number of fused-ring (bicyclic) bond motifs is 3. The van der Waals surface area contributed by atoms with Crippen LogP contribution in [0.1, 0.15) is 62.6 Å². The molecule has 1 aromatic heterocycles. The maximum Gasteiger partial charge on any atom is 0.258 e. The van der Waals surface area contributed by atoms with Crippen LogP contribution in [0.15, 0.2) is 76.7 Å². The third kappa shape index (κ3) is 4.29. The predicted molar refractivity (Wildman–Crippen MR) is 143 cm³/mol. The van der Waals surface area contributed by atoms with Crippen molar-refractivity contribution < 1.29 is 0 Å². The Balaban J connectivity index is 1.73. The molecular weight excluding hydrogens is 436 g/mol. The standard InChI is InChI=1S/C30H34N2OS/c1-21(2)20-34-29-31-27-25-17-11-10-14-23(25)18-30(3,24-15-8-5-9-16-24)26(27)28(33)32(29)19-22-12-6-4-7-13-22/h4,6-7,10-14,17,24H,1,5,8-9,15-16,18-20H2,2-3H3/t30-/m0/s1. The van der Waals surface area contributed by atoms with Crippen LogP contribution in [0, 0.1) is 5.92 Å². The predicted octanol–water partition coefficient (Wildman–Crippen LogP) is 7.02. The molecule has 2 aliphatic rings. The summed E-state index contributed by atoms with van der Waals surface area (Å²) in [6, 6.07) is 18.9. The molecule has 176 valence electrons. The van der Waals surface area contributed by atoms with Crippen LogP contribution in [0.2, 0.25) is 0 Å². The molecule has 0 amide bonds. The highest BCUT2D eigenvalue weighted by Gasteiger charge is 2.44. The van der Waals surface area contributed by atoms with Gasteiger partial charge in [0.1, 0.15) is 0 Å². The second-order valence-electron chi connectivity index (χ2n) is 10.3. The number of hydrogen-bond acceptors (Lipinski definition) is 3. The van der Waals surface area contributed by atoms with Crippen LogP contribution in [0.3, 0.4) is 0 Å². The summed E-state index contributed by atoms with van der Waals surface area (Å²) in [5.41, 5.74) is 6.46. The molecule has 1 heterocycles. The zero-order valence-electron chi connectivity index (χ0n) is 20.3. The van der Waals surface area contributed by atoms with Crippen LogP contribution in [0.25, 0.3) is 11.3 Å². The van der Waals surface area contributed by atoms with Crippen molar-refractivity contribution in [1.29, 1.82) is 0 Å². The summed E-state index contributed by atoms with van der Waals surface area (Å²) in [6.45, 7) is 8.99. The number of nitrogens with zero attached hydrogens (tertiary/aromatic N) is 2. The van der Waals surface area contributed by atoms with Crippen LogP contribution in [0.5, 0.6) is 0 Å². The lowest BCUT2D eigenvalue weighted by Crippen LogP contribution is -2.45. The number of aromatic nitrogens is 2. The molecule has 4 heteroatoms. The van der Waals surface area contributed by atoms with Gasteiger partial charge in [-0.25, -0.2) is 4.98 Å². The molecule has 1 saturated carbocycles. The second kappa shape index (κ2) is 9.58. The molecule has 0 N–H and O–H groups in total. The van der Waals surface area contributed by atoms with Gasteiger partial charge >= 0.3 is 0 Å². The Morgan fingerprint density at radius 2 is 1.79 bits per heavy atom. The summed E-state index contributed by atoms with van der Waals surface area (Å²) < 4.78 is 1.93. The summed E-state index contributed by atoms with van der Waals surface area (Å²) in [5, 5.41) is 0.790. The van der Waals surface area contributed by atoms with E-state index < -0.39 is 0 Å². The van der Waals surface area contributed by atoms with E-state index in [0.29, 0.717) is 12.5 Å². The molecule has 0 radical (unpaired) electrons. The van der Waals surface area contributed by atoms with Crippen LogP contribution in [0.4, 0.5) is 0 Å².